The van der Waals surface area contributed by atoms with Gasteiger partial charge in [0, 0.05) is 0 Å². The summed E-state index contributed by atoms with van der Waals surface area (Å²) in [6.45, 7) is 14.5. The van der Waals surface area contributed by atoms with Crippen molar-refractivity contribution in [2.75, 3.05) is 6.61 Å². The molecule has 0 atom stereocenters. The zero-order valence-electron chi connectivity index (χ0n) is 13.7. The molecule has 0 spiro atoms. The third-order valence-electron chi connectivity index (χ3n) is 4.46. The summed E-state index contributed by atoms with van der Waals surface area (Å²) in [6, 6.07) is 0. The van der Waals surface area contributed by atoms with E-state index in [1.54, 1.807) is 18.2 Å². The van der Waals surface area contributed by atoms with Gasteiger partial charge in [-0.25, -0.2) is 0 Å². The van der Waals surface area contributed by atoms with Crippen LogP contribution in [0.1, 0.15) is 27.2 Å². The molecule has 0 aromatic heterocycles. The van der Waals surface area contributed by atoms with Gasteiger partial charge in [-0.2, -0.15) is 0 Å². The van der Waals surface area contributed by atoms with E-state index in [1.807, 2.05) is 0 Å². The van der Waals surface area contributed by atoms with Gasteiger partial charge in [-0.1, -0.05) is 39.0 Å². The van der Waals surface area contributed by atoms with Gasteiger partial charge in [0.2, 0.25) is 0 Å². The largest absolute Gasteiger partial charge is 0.409 e. The van der Waals surface area contributed by atoms with E-state index in [4.69, 9.17) is 4.43 Å². The van der Waals surface area contributed by atoms with E-state index in [2.05, 4.69) is 40.4 Å². The van der Waals surface area contributed by atoms with Crippen LogP contribution in [0, 0.1) is 5.41 Å². The summed E-state index contributed by atoms with van der Waals surface area (Å²) >= 11 is 0. The lowest BCUT2D eigenvalue weighted by Crippen LogP contribution is -2.44. The number of carbonyl (C=O) groups is 2. The molecule has 1 rings (SSSR count). The molecule has 1 aliphatic carbocycles. The van der Waals surface area contributed by atoms with Crippen LogP contribution in [-0.2, 0) is 14.0 Å². The highest BCUT2D eigenvalue weighted by Crippen LogP contribution is 2.37. The first-order chi connectivity index (χ1) is 9.54. The number of allylic oxidation sites excluding steroid dienone is 5. The Morgan fingerprint density at radius 1 is 1.33 bits per heavy atom. The fraction of sp³-hybridized carbons (Fsp3) is 0.529. The third kappa shape index (κ3) is 4.11. The van der Waals surface area contributed by atoms with Gasteiger partial charge in [-0.05, 0) is 36.7 Å². The average molecular weight is 306 g/mol. The molecule has 1 aliphatic rings. The first-order valence-electron chi connectivity index (χ1n) is 7.25. The summed E-state index contributed by atoms with van der Waals surface area (Å²) in [5.41, 5.74) is -0.780. The molecule has 0 saturated heterocycles. The molecule has 0 aliphatic heterocycles. The van der Waals surface area contributed by atoms with Gasteiger partial charge in [0.1, 0.15) is 0 Å². The highest BCUT2D eigenvalue weighted by molar-refractivity contribution is 6.74. The van der Waals surface area contributed by atoms with Crippen LogP contribution in [0.2, 0.25) is 18.1 Å². The van der Waals surface area contributed by atoms with E-state index in [0.29, 0.717) is 6.42 Å². The maximum atomic E-state index is 12.6. The van der Waals surface area contributed by atoms with Gasteiger partial charge in [-0.3, -0.25) is 9.59 Å². The van der Waals surface area contributed by atoms with Crippen LogP contribution in [0.3, 0.4) is 0 Å². The monoisotopic (exact) mass is 306 g/mol. The van der Waals surface area contributed by atoms with Crippen LogP contribution in [0.5, 0.6) is 0 Å². The van der Waals surface area contributed by atoms with Crippen LogP contribution in [0.25, 0.3) is 0 Å². The van der Waals surface area contributed by atoms with Crippen LogP contribution in [-0.4, -0.2) is 26.5 Å². The number of ketones is 2. The second-order valence-electron chi connectivity index (χ2n) is 7.07. The predicted molar refractivity (Wildman–Crippen MR) is 88.7 cm³/mol. The van der Waals surface area contributed by atoms with Crippen molar-refractivity contribution in [1.29, 1.82) is 0 Å². The van der Waals surface area contributed by atoms with Crippen molar-refractivity contribution in [3.63, 3.8) is 0 Å². The van der Waals surface area contributed by atoms with E-state index in [-0.39, 0.29) is 23.2 Å². The quantitative estimate of drug-likeness (QED) is 0.553. The van der Waals surface area contributed by atoms with Gasteiger partial charge in [0.05, 0.1) is 12.0 Å². The molecule has 0 radical (unpaired) electrons. The molecule has 0 amide bonds. The topological polar surface area (TPSA) is 43.4 Å². The fourth-order valence-corrected chi connectivity index (χ4v) is 2.77. The maximum absolute atomic E-state index is 12.6. The van der Waals surface area contributed by atoms with Crippen LogP contribution >= 0.6 is 0 Å². The van der Waals surface area contributed by atoms with E-state index in [0.717, 1.165) is 0 Å². The van der Waals surface area contributed by atoms with E-state index in [1.165, 1.54) is 12.2 Å². The molecule has 0 bridgehead atoms. The van der Waals surface area contributed by atoms with Crippen molar-refractivity contribution in [3.8, 4) is 0 Å². The van der Waals surface area contributed by atoms with Crippen LogP contribution in [0.15, 0.2) is 37.0 Å². The van der Waals surface area contributed by atoms with Gasteiger partial charge in [-0.15, -0.1) is 6.58 Å². The number of rotatable bonds is 6. The summed E-state index contributed by atoms with van der Waals surface area (Å²) in [5.74, 6) is -0.111. The van der Waals surface area contributed by atoms with Crippen molar-refractivity contribution in [2.24, 2.45) is 5.41 Å². The molecule has 21 heavy (non-hydrogen) atoms. The van der Waals surface area contributed by atoms with Crippen molar-refractivity contribution in [3.05, 3.63) is 37.0 Å². The molecule has 0 heterocycles. The summed E-state index contributed by atoms with van der Waals surface area (Å²) in [6.07, 6.45) is 8.44. The van der Waals surface area contributed by atoms with Crippen molar-refractivity contribution >= 4 is 19.9 Å². The van der Waals surface area contributed by atoms with E-state index < -0.39 is 13.7 Å². The first kappa shape index (κ1) is 17.8. The normalized spacial score (nSPS) is 17.9. The van der Waals surface area contributed by atoms with Crippen molar-refractivity contribution < 1.29 is 14.0 Å². The Balaban J connectivity index is 2.86. The molecule has 0 aromatic rings. The third-order valence-corrected chi connectivity index (χ3v) is 8.94. The summed E-state index contributed by atoms with van der Waals surface area (Å²) in [5, 5.41) is 0.0626. The molecular weight excluding hydrogens is 280 g/mol. The maximum Gasteiger partial charge on any atom is 0.192 e. The molecule has 4 heteroatoms. The first-order valence-corrected chi connectivity index (χ1v) is 10.2. The second kappa shape index (κ2) is 6.24. The number of hydrogen-bond acceptors (Lipinski definition) is 3. The standard InChI is InChI=1S/C17H26O3Si/c1-7-10-17(11-8-14(18)9-12-17)15(19)13-20-21(5,6)16(2,3)4/h7-9,11-12H,1,10,13H2,2-6H3. The highest BCUT2D eigenvalue weighted by atomic mass is 28.4. The van der Waals surface area contributed by atoms with E-state index in [9.17, 15) is 9.59 Å². The van der Waals surface area contributed by atoms with Crippen molar-refractivity contribution in [1.82, 2.24) is 0 Å². The lowest BCUT2D eigenvalue weighted by molar-refractivity contribution is -0.126. The molecule has 0 N–H and O–H groups in total. The number of Topliss-reactive ketones (excluding diaryl/α,β-unsaturated/α-hetero) is 1. The Labute approximate surface area is 128 Å². The minimum Gasteiger partial charge on any atom is -0.409 e. The molecule has 3 nitrogen and oxygen atoms in total. The van der Waals surface area contributed by atoms with Crippen LogP contribution < -0.4 is 0 Å². The average Bonchev–Trinajstić information content (AvgIpc) is 2.38. The second-order valence-corrected chi connectivity index (χ2v) is 11.9. The summed E-state index contributed by atoms with van der Waals surface area (Å²) in [7, 11) is -1.96. The summed E-state index contributed by atoms with van der Waals surface area (Å²) < 4.78 is 6.01. The zero-order chi connectivity index (χ0) is 16.3. The zero-order valence-corrected chi connectivity index (χ0v) is 14.7. The Kier molecular flexibility index (Phi) is 5.28. The minimum absolute atomic E-state index is 0.0211. The molecule has 0 unspecified atom stereocenters. The number of hydrogen-bond donors (Lipinski definition) is 0. The molecule has 0 fully saturated rings. The molecule has 0 saturated carbocycles. The Morgan fingerprint density at radius 2 is 1.86 bits per heavy atom. The Morgan fingerprint density at radius 3 is 2.29 bits per heavy atom. The highest BCUT2D eigenvalue weighted by Gasteiger charge is 2.40. The van der Waals surface area contributed by atoms with Crippen LogP contribution in [0.4, 0.5) is 0 Å². The number of carbonyl (C=O) groups excluding carboxylic acids is 2. The smallest absolute Gasteiger partial charge is 0.192 e. The Hall–Kier alpha value is -1.26. The van der Waals surface area contributed by atoms with Gasteiger partial charge in [0.15, 0.2) is 19.9 Å². The lowest BCUT2D eigenvalue weighted by Gasteiger charge is -2.37. The predicted octanol–water partition coefficient (Wildman–Crippen LogP) is 3.83. The lowest BCUT2D eigenvalue weighted by atomic mass is 9.77. The van der Waals surface area contributed by atoms with Gasteiger partial charge < -0.3 is 4.43 Å². The van der Waals surface area contributed by atoms with Gasteiger partial charge in [0.25, 0.3) is 0 Å². The Bertz CT molecular complexity index is 477. The molecule has 0 aromatic carbocycles. The molecular formula is C17H26O3Si. The van der Waals surface area contributed by atoms with Gasteiger partial charge >= 0.3 is 0 Å². The van der Waals surface area contributed by atoms with Crippen molar-refractivity contribution in [2.45, 2.75) is 45.3 Å². The fourth-order valence-electron chi connectivity index (χ4n) is 1.84. The molecule has 116 valence electrons. The SMILES string of the molecule is C=CCC1(C(=O)CO[Si](C)(C)C(C)(C)C)C=CC(=O)C=C1. The van der Waals surface area contributed by atoms with E-state index >= 15 is 0 Å². The summed E-state index contributed by atoms with van der Waals surface area (Å²) in [4.78, 5) is 23.9. The minimum atomic E-state index is -1.96.